The molecule has 0 amide bonds. The third kappa shape index (κ3) is 9.93. The molecule has 7 rings (SSSR count). The molecule has 0 spiro atoms. The summed E-state index contributed by atoms with van der Waals surface area (Å²) in [6, 6.07) is 8.76. The number of carbonyl (C=O) groups is 1. The van der Waals surface area contributed by atoms with Crippen molar-refractivity contribution in [1.82, 2.24) is 9.97 Å². The molecule has 3 aliphatic heterocycles. The van der Waals surface area contributed by atoms with Crippen LogP contribution < -0.4 is 18.9 Å². The van der Waals surface area contributed by atoms with Crippen molar-refractivity contribution in [1.29, 1.82) is 0 Å². The molecule has 8 nitrogen and oxygen atoms in total. The van der Waals surface area contributed by atoms with E-state index in [1.807, 2.05) is 6.92 Å². The maximum absolute atomic E-state index is 12.2. The summed E-state index contributed by atoms with van der Waals surface area (Å²) in [5.41, 5.74) is 8.85. The first-order valence-corrected chi connectivity index (χ1v) is 20.8. The quantitative estimate of drug-likeness (QED) is 0.120. The molecule has 1 fully saturated rings. The largest absolute Gasteiger partial charge is 1.00 e. The molecule has 3 aliphatic rings. The van der Waals surface area contributed by atoms with E-state index in [4.69, 9.17) is 18.9 Å². The first kappa shape index (κ1) is 46.8. The Labute approximate surface area is 354 Å². The van der Waals surface area contributed by atoms with Crippen molar-refractivity contribution < 1.29 is 49.1 Å². The average molecular weight is 866 g/mol. The Morgan fingerprint density at radius 3 is 1.67 bits per heavy atom. The molecular formula is C42H59BBr2LiN2O6. The Bertz CT molecular complexity index is 1840. The number of hydrogen-bond acceptors (Lipinski definition) is 6. The van der Waals surface area contributed by atoms with Crippen molar-refractivity contribution in [3.05, 3.63) is 66.9 Å². The van der Waals surface area contributed by atoms with Gasteiger partial charge in [0.25, 0.3) is 0 Å². The van der Waals surface area contributed by atoms with Gasteiger partial charge in [-0.15, -0.1) is 0 Å². The molecular weight excluding hydrogens is 806 g/mol. The van der Waals surface area contributed by atoms with E-state index in [1.165, 1.54) is 57.1 Å². The summed E-state index contributed by atoms with van der Waals surface area (Å²) in [5.74, 6) is 0.651. The molecule has 5 heterocycles. The molecule has 2 atom stereocenters. The van der Waals surface area contributed by atoms with Crippen molar-refractivity contribution >= 4 is 68.0 Å². The molecule has 0 aliphatic carbocycles. The second kappa shape index (κ2) is 20.7. The van der Waals surface area contributed by atoms with Crippen LogP contribution in [-0.4, -0.2) is 69.1 Å². The monoisotopic (exact) mass is 863 g/mol. The van der Waals surface area contributed by atoms with Crippen LogP contribution in [0.15, 0.2) is 33.2 Å². The number of aromatic amines is 2. The summed E-state index contributed by atoms with van der Waals surface area (Å²) in [6.07, 6.45) is 6.82. The van der Waals surface area contributed by atoms with Crippen molar-refractivity contribution in [3.8, 4) is 0 Å². The number of benzene rings is 2. The number of rotatable bonds is 9. The van der Waals surface area contributed by atoms with E-state index in [0.29, 0.717) is 31.5 Å². The Morgan fingerprint density at radius 2 is 1.28 bits per heavy atom. The predicted molar refractivity (Wildman–Crippen MR) is 223 cm³/mol. The van der Waals surface area contributed by atoms with E-state index in [0.717, 1.165) is 65.7 Å². The third-order valence-electron chi connectivity index (χ3n) is 10.9. The zero-order valence-corrected chi connectivity index (χ0v) is 36.9. The van der Waals surface area contributed by atoms with Crippen LogP contribution in [0.4, 0.5) is 0 Å². The number of ether oxygens (including phenoxy) is 4. The normalized spacial score (nSPS) is 20.3. The molecule has 291 valence electrons. The number of fused-ring (bicyclic) bond motifs is 6. The summed E-state index contributed by atoms with van der Waals surface area (Å²) in [7, 11) is 0. The van der Waals surface area contributed by atoms with E-state index in [2.05, 4.69) is 108 Å². The van der Waals surface area contributed by atoms with Crippen LogP contribution >= 0.6 is 31.9 Å². The van der Waals surface area contributed by atoms with Gasteiger partial charge in [-0.2, -0.15) is 0 Å². The zero-order valence-electron chi connectivity index (χ0n) is 34.7. The summed E-state index contributed by atoms with van der Waals surface area (Å²) in [4.78, 5) is 19.5. The van der Waals surface area contributed by atoms with Gasteiger partial charge in [-0.1, -0.05) is 73.4 Å². The van der Waals surface area contributed by atoms with E-state index < -0.39 is 5.60 Å². The molecule has 4 aromatic rings. The van der Waals surface area contributed by atoms with Gasteiger partial charge in [0.15, 0.2) is 0 Å². The number of nitrogens with one attached hydrogen (secondary N) is 2. The summed E-state index contributed by atoms with van der Waals surface area (Å²) >= 11 is 7.31. The van der Waals surface area contributed by atoms with E-state index in [-0.39, 0.29) is 53.3 Å². The third-order valence-corrected chi connectivity index (χ3v) is 11.8. The molecule has 2 aromatic carbocycles. The number of halogens is 2. The van der Waals surface area contributed by atoms with E-state index in [9.17, 15) is 9.90 Å². The molecule has 54 heavy (non-hydrogen) atoms. The van der Waals surface area contributed by atoms with Gasteiger partial charge >= 0.3 is 24.8 Å². The van der Waals surface area contributed by atoms with Crippen LogP contribution in [0.5, 0.6) is 0 Å². The maximum Gasteiger partial charge on any atom is 1.00 e. The standard InChI is InChI=1S/C20H26BrNO3.C18H24BrNO2.C4H8O.B.Li.H/c1-5-20(11-17(23)24-6-2)19-14(7-8-25-20)16-10-13(21)9-15(12(3)4)18(16)22-19;1-4-18(6-7-21)17-13(5-8-22-18)15-10-12(19)9-14(11(2)3)16(15)20-17;1-2-4-5-3-1;;;/h9-10,12,22H,5-8,11H2,1-4H3;9-11,20-21H,4-8H2,1-3H3;1-4H2;;;/q;;;;+1;-1. The molecule has 0 bridgehead atoms. The average Bonchev–Trinajstić information content (AvgIpc) is 3.90. The van der Waals surface area contributed by atoms with Gasteiger partial charge in [0.05, 0.1) is 37.6 Å². The zero-order chi connectivity index (χ0) is 37.6. The van der Waals surface area contributed by atoms with Gasteiger partial charge in [-0.25, -0.2) is 0 Å². The number of aliphatic hydroxyl groups excluding tert-OH is 1. The predicted octanol–water partition coefficient (Wildman–Crippen LogP) is 7.33. The van der Waals surface area contributed by atoms with Crippen molar-refractivity contribution in [2.24, 2.45) is 0 Å². The van der Waals surface area contributed by atoms with Crippen molar-refractivity contribution in [2.45, 2.75) is 123 Å². The van der Waals surface area contributed by atoms with Crippen LogP contribution in [-0.2, 0) is 47.8 Å². The first-order valence-electron chi connectivity index (χ1n) is 19.2. The van der Waals surface area contributed by atoms with Crippen LogP contribution in [0.2, 0.25) is 0 Å². The van der Waals surface area contributed by atoms with Crippen LogP contribution in [0.1, 0.15) is 134 Å². The van der Waals surface area contributed by atoms with Gasteiger partial charge in [0, 0.05) is 65.4 Å². The van der Waals surface area contributed by atoms with Gasteiger partial charge in [0.2, 0.25) is 0 Å². The van der Waals surface area contributed by atoms with Crippen LogP contribution in [0.25, 0.3) is 21.8 Å². The maximum atomic E-state index is 12.2. The SMILES string of the molecule is C1CCOC1.CCC1(CCO)OCCc2c1[nH]c1c(C(C)C)cc(Br)cc21.CCOC(=O)CC1(CC)OCCc2c1[nH]c1c(C(C)C)cc(Br)cc21.[B].[H-].[Li+]. The minimum absolute atomic E-state index is 0. The van der Waals surface area contributed by atoms with E-state index >= 15 is 0 Å². The topological polar surface area (TPSA) is 106 Å². The van der Waals surface area contributed by atoms with Gasteiger partial charge < -0.3 is 35.4 Å². The van der Waals surface area contributed by atoms with Crippen molar-refractivity contribution in [3.63, 3.8) is 0 Å². The molecule has 0 saturated carbocycles. The second-order valence-corrected chi connectivity index (χ2v) is 16.6. The summed E-state index contributed by atoms with van der Waals surface area (Å²) < 4.78 is 24.7. The van der Waals surface area contributed by atoms with Crippen LogP contribution in [0, 0.1) is 0 Å². The number of carbonyl (C=O) groups excluding carboxylic acids is 1. The summed E-state index contributed by atoms with van der Waals surface area (Å²) in [6.45, 7) is 18.7. The minimum Gasteiger partial charge on any atom is -1.00 e. The van der Waals surface area contributed by atoms with Gasteiger partial charge in [0.1, 0.15) is 11.2 Å². The Hall–Kier alpha value is -1.55. The number of esters is 1. The smallest absolute Gasteiger partial charge is 1.00 e. The molecule has 2 unspecified atom stereocenters. The number of H-pyrrole nitrogens is 2. The van der Waals surface area contributed by atoms with Gasteiger partial charge in [-0.05, 0) is 104 Å². The van der Waals surface area contributed by atoms with Crippen LogP contribution in [0.3, 0.4) is 0 Å². The minimum atomic E-state index is -0.625. The Kier molecular flexibility index (Phi) is 18.0. The fraction of sp³-hybridized carbons (Fsp3) is 0.595. The Morgan fingerprint density at radius 1 is 0.815 bits per heavy atom. The fourth-order valence-corrected chi connectivity index (χ4v) is 9.01. The number of aliphatic hydroxyl groups is 1. The fourth-order valence-electron chi connectivity index (χ4n) is 8.06. The molecule has 3 N–H and O–H groups in total. The number of aromatic nitrogens is 2. The van der Waals surface area contributed by atoms with E-state index in [1.54, 1.807) is 0 Å². The first-order chi connectivity index (χ1) is 24.9. The van der Waals surface area contributed by atoms with Gasteiger partial charge in [-0.3, -0.25) is 4.79 Å². The molecule has 2 aromatic heterocycles. The molecule has 3 radical (unpaired) electrons. The second-order valence-electron chi connectivity index (χ2n) is 14.8. The number of hydrogen-bond donors (Lipinski definition) is 3. The summed E-state index contributed by atoms with van der Waals surface area (Å²) in [5, 5.41) is 12.0. The van der Waals surface area contributed by atoms with Crippen molar-refractivity contribution in [2.75, 3.05) is 39.6 Å². The Balaban J connectivity index is 0.000000322. The molecule has 12 heteroatoms. The molecule has 1 saturated heterocycles.